The van der Waals surface area contributed by atoms with Gasteiger partial charge in [-0.15, -0.1) is 0 Å². The van der Waals surface area contributed by atoms with E-state index in [9.17, 15) is 4.79 Å². The summed E-state index contributed by atoms with van der Waals surface area (Å²) in [5.41, 5.74) is 7.70. The first-order chi connectivity index (χ1) is 15.7. The molecule has 0 atom stereocenters. The van der Waals surface area contributed by atoms with E-state index in [4.69, 9.17) is 9.47 Å². The van der Waals surface area contributed by atoms with Crippen molar-refractivity contribution in [2.45, 2.75) is 13.8 Å². The Balaban J connectivity index is 1.46. The van der Waals surface area contributed by atoms with Gasteiger partial charge in [-0.3, -0.25) is 4.79 Å². The van der Waals surface area contributed by atoms with Crippen LogP contribution in [-0.4, -0.2) is 19.0 Å². The molecule has 32 heavy (non-hydrogen) atoms. The van der Waals surface area contributed by atoms with Crippen LogP contribution < -0.4 is 9.47 Å². The highest BCUT2D eigenvalue weighted by molar-refractivity contribution is 6.22. The van der Waals surface area contributed by atoms with E-state index in [1.165, 1.54) is 0 Å². The van der Waals surface area contributed by atoms with Gasteiger partial charge in [-0.1, -0.05) is 48.5 Å². The van der Waals surface area contributed by atoms with Crippen molar-refractivity contribution in [3.63, 3.8) is 0 Å². The highest BCUT2D eigenvalue weighted by atomic mass is 16.5. The summed E-state index contributed by atoms with van der Waals surface area (Å²) in [6.45, 7) is 5.23. The van der Waals surface area contributed by atoms with Gasteiger partial charge in [0, 0.05) is 11.1 Å². The molecule has 0 aliphatic heterocycles. The molecule has 3 heteroatoms. The van der Waals surface area contributed by atoms with Crippen LogP contribution >= 0.6 is 0 Å². The molecule has 0 fully saturated rings. The average Bonchev–Trinajstić information content (AvgIpc) is 3.11. The second-order valence-electron chi connectivity index (χ2n) is 7.76. The van der Waals surface area contributed by atoms with Crippen LogP contribution in [0.2, 0.25) is 0 Å². The number of carbonyl (C=O) groups is 1. The van der Waals surface area contributed by atoms with E-state index in [2.05, 4.69) is 24.3 Å². The van der Waals surface area contributed by atoms with Gasteiger partial charge in [0.25, 0.3) is 0 Å². The van der Waals surface area contributed by atoms with Crippen molar-refractivity contribution in [2.24, 2.45) is 0 Å². The van der Waals surface area contributed by atoms with Crippen molar-refractivity contribution in [3.8, 4) is 44.9 Å². The zero-order chi connectivity index (χ0) is 22.1. The van der Waals surface area contributed by atoms with Gasteiger partial charge in [0.1, 0.15) is 11.5 Å². The Bertz CT molecular complexity index is 1180. The monoisotopic (exact) mass is 420 g/mol. The lowest BCUT2D eigenvalue weighted by Gasteiger charge is -2.08. The highest BCUT2D eigenvalue weighted by Gasteiger charge is 2.27. The first-order valence-electron chi connectivity index (χ1n) is 11.0. The van der Waals surface area contributed by atoms with E-state index in [1.807, 2.05) is 74.5 Å². The maximum Gasteiger partial charge on any atom is 0.194 e. The van der Waals surface area contributed by atoms with Gasteiger partial charge in [0.2, 0.25) is 0 Å². The number of hydrogen-bond donors (Lipinski definition) is 0. The Kier molecular flexibility index (Phi) is 5.24. The van der Waals surface area contributed by atoms with E-state index >= 15 is 0 Å². The third-order valence-corrected chi connectivity index (χ3v) is 5.82. The number of hydrogen-bond acceptors (Lipinski definition) is 3. The van der Waals surface area contributed by atoms with Crippen LogP contribution in [0.15, 0.2) is 84.9 Å². The number of rotatable bonds is 6. The summed E-state index contributed by atoms with van der Waals surface area (Å²) in [5, 5.41) is 0. The SMILES string of the molecule is CCOc1ccc(-c2ccc3c(c2)C(=O)c2cc(-c4ccc(OCC)cc4)ccc2-3)cc1. The standard InChI is InChI=1S/C29H24O3/c1-3-31-23-11-5-19(6-12-23)21-9-15-25-26-16-10-22(18-28(26)29(30)27(25)17-21)20-7-13-24(14-8-20)32-4-2/h5-18H,3-4H2,1-2H3. The summed E-state index contributed by atoms with van der Waals surface area (Å²) >= 11 is 0. The van der Waals surface area contributed by atoms with E-state index in [1.54, 1.807) is 0 Å². The molecule has 0 N–H and O–H groups in total. The van der Waals surface area contributed by atoms with E-state index < -0.39 is 0 Å². The Morgan fingerprint density at radius 1 is 0.500 bits per heavy atom. The normalized spacial score (nSPS) is 11.8. The molecule has 4 aromatic carbocycles. The molecule has 0 saturated carbocycles. The minimum atomic E-state index is 0.0792. The lowest BCUT2D eigenvalue weighted by atomic mass is 9.98. The molecular formula is C29H24O3. The minimum Gasteiger partial charge on any atom is -0.494 e. The molecule has 0 bridgehead atoms. The molecule has 3 nitrogen and oxygen atoms in total. The van der Waals surface area contributed by atoms with Crippen LogP contribution in [0.25, 0.3) is 33.4 Å². The van der Waals surface area contributed by atoms with Gasteiger partial charge in [-0.05, 0) is 83.6 Å². The molecule has 0 amide bonds. The fourth-order valence-corrected chi connectivity index (χ4v) is 4.26. The summed E-state index contributed by atoms with van der Waals surface area (Å²) in [6.07, 6.45) is 0. The van der Waals surface area contributed by atoms with Crippen molar-refractivity contribution < 1.29 is 14.3 Å². The minimum absolute atomic E-state index is 0.0792. The maximum absolute atomic E-state index is 13.3. The molecule has 4 aromatic rings. The largest absolute Gasteiger partial charge is 0.494 e. The quantitative estimate of drug-likeness (QED) is 0.296. The van der Waals surface area contributed by atoms with Crippen molar-refractivity contribution in [1.29, 1.82) is 0 Å². The summed E-state index contributed by atoms with van der Waals surface area (Å²) < 4.78 is 11.1. The fourth-order valence-electron chi connectivity index (χ4n) is 4.26. The topological polar surface area (TPSA) is 35.5 Å². The summed E-state index contributed by atoms with van der Waals surface area (Å²) in [6, 6.07) is 28.3. The third kappa shape index (κ3) is 3.56. The number of carbonyl (C=O) groups excluding carboxylic acids is 1. The zero-order valence-corrected chi connectivity index (χ0v) is 18.2. The van der Waals surface area contributed by atoms with Gasteiger partial charge < -0.3 is 9.47 Å². The number of ketones is 1. The van der Waals surface area contributed by atoms with Crippen molar-refractivity contribution >= 4 is 5.78 Å². The Morgan fingerprint density at radius 2 is 0.875 bits per heavy atom. The summed E-state index contributed by atoms with van der Waals surface area (Å²) in [5.74, 6) is 1.78. The molecule has 0 radical (unpaired) electrons. The van der Waals surface area contributed by atoms with Gasteiger partial charge in [0.15, 0.2) is 5.78 Å². The molecule has 0 unspecified atom stereocenters. The molecule has 0 spiro atoms. The van der Waals surface area contributed by atoms with Crippen LogP contribution in [-0.2, 0) is 0 Å². The van der Waals surface area contributed by atoms with E-state index in [0.717, 1.165) is 56.0 Å². The van der Waals surface area contributed by atoms with Gasteiger partial charge in [0.05, 0.1) is 13.2 Å². The molecular weight excluding hydrogens is 396 g/mol. The lowest BCUT2D eigenvalue weighted by molar-refractivity contribution is 0.104. The zero-order valence-electron chi connectivity index (χ0n) is 18.2. The van der Waals surface area contributed by atoms with E-state index in [0.29, 0.717) is 13.2 Å². The number of ether oxygens (including phenoxy) is 2. The predicted molar refractivity (Wildman–Crippen MR) is 129 cm³/mol. The average molecular weight is 421 g/mol. The first kappa shape index (κ1) is 20.1. The van der Waals surface area contributed by atoms with E-state index in [-0.39, 0.29) is 5.78 Å². The van der Waals surface area contributed by atoms with Crippen LogP contribution in [0.1, 0.15) is 29.8 Å². The molecule has 5 rings (SSSR count). The Hall–Kier alpha value is -3.85. The van der Waals surface area contributed by atoms with Gasteiger partial charge in [-0.2, -0.15) is 0 Å². The third-order valence-electron chi connectivity index (χ3n) is 5.82. The second-order valence-corrected chi connectivity index (χ2v) is 7.76. The van der Waals surface area contributed by atoms with Crippen molar-refractivity contribution in [2.75, 3.05) is 13.2 Å². The summed E-state index contributed by atoms with van der Waals surface area (Å²) in [7, 11) is 0. The van der Waals surface area contributed by atoms with Gasteiger partial charge in [-0.25, -0.2) is 0 Å². The van der Waals surface area contributed by atoms with Crippen LogP contribution in [0.4, 0.5) is 0 Å². The molecule has 158 valence electrons. The lowest BCUT2D eigenvalue weighted by Crippen LogP contribution is -1.96. The fraction of sp³-hybridized carbons (Fsp3) is 0.138. The number of benzene rings is 4. The van der Waals surface area contributed by atoms with Crippen molar-refractivity contribution in [1.82, 2.24) is 0 Å². The summed E-state index contributed by atoms with van der Waals surface area (Å²) in [4.78, 5) is 13.3. The molecule has 1 aliphatic carbocycles. The number of fused-ring (bicyclic) bond motifs is 3. The van der Waals surface area contributed by atoms with Crippen LogP contribution in [0.5, 0.6) is 11.5 Å². The van der Waals surface area contributed by atoms with Crippen LogP contribution in [0.3, 0.4) is 0 Å². The smallest absolute Gasteiger partial charge is 0.194 e. The Labute approximate surface area is 188 Å². The molecule has 0 heterocycles. The first-order valence-corrected chi connectivity index (χ1v) is 11.0. The predicted octanol–water partition coefficient (Wildman–Crippen LogP) is 7.03. The Morgan fingerprint density at radius 3 is 1.25 bits per heavy atom. The molecule has 0 saturated heterocycles. The van der Waals surface area contributed by atoms with Crippen LogP contribution in [0, 0.1) is 0 Å². The molecule has 1 aliphatic rings. The van der Waals surface area contributed by atoms with Gasteiger partial charge >= 0.3 is 0 Å². The highest BCUT2D eigenvalue weighted by Crippen LogP contribution is 2.40. The molecule has 0 aromatic heterocycles. The van der Waals surface area contributed by atoms with Crippen molar-refractivity contribution in [3.05, 3.63) is 96.1 Å². The maximum atomic E-state index is 13.3. The second kappa shape index (κ2) is 8.35.